The Hall–Kier alpha value is -1.26. The lowest BCUT2D eigenvalue weighted by Gasteiger charge is -2.11. The van der Waals surface area contributed by atoms with Gasteiger partial charge in [0, 0.05) is 11.6 Å². The molecule has 0 fully saturated rings. The third kappa shape index (κ3) is 2.84. The molecular weight excluding hydrogens is 218 g/mol. The van der Waals surface area contributed by atoms with E-state index in [0.717, 1.165) is 0 Å². The molecule has 0 saturated heterocycles. The van der Waals surface area contributed by atoms with Crippen LogP contribution in [0.4, 0.5) is 0 Å². The van der Waals surface area contributed by atoms with Gasteiger partial charge in [-0.3, -0.25) is 0 Å². The highest BCUT2D eigenvalue weighted by molar-refractivity contribution is 5.88. The van der Waals surface area contributed by atoms with Crippen LogP contribution in [0, 0.1) is 6.92 Å². The predicted molar refractivity (Wildman–Crippen MR) is 59.7 cm³/mol. The Kier molecular flexibility index (Phi) is 4.58. The summed E-state index contributed by atoms with van der Waals surface area (Å²) >= 11 is 0. The first-order valence-corrected chi connectivity index (χ1v) is 4.26. The molecule has 0 aromatic heterocycles. The summed E-state index contributed by atoms with van der Waals surface area (Å²) in [5.41, 5.74) is 6.73. The van der Waals surface area contributed by atoms with Gasteiger partial charge in [0.1, 0.15) is 5.75 Å². The fourth-order valence-corrected chi connectivity index (χ4v) is 1.28. The van der Waals surface area contributed by atoms with Crippen molar-refractivity contribution in [1.29, 1.82) is 0 Å². The van der Waals surface area contributed by atoms with Crippen molar-refractivity contribution < 1.29 is 15.0 Å². The van der Waals surface area contributed by atoms with Crippen LogP contribution in [0.2, 0.25) is 0 Å². The number of hydrogen-bond donors (Lipinski definition) is 3. The Morgan fingerprint density at radius 3 is 2.40 bits per heavy atom. The lowest BCUT2D eigenvalue weighted by atomic mass is 10.0. The molecule has 0 amide bonds. The van der Waals surface area contributed by atoms with Crippen LogP contribution in [0.25, 0.3) is 0 Å². The first-order chi connectivity index (χ1) is 6.43. The van der Waals surface area contributed by atoms with Gasteiger partial charge in [-0.25, -0.2) is 4.79 Å². The molecule has 0 heterocycles. The zero-order valence-corrected chi connectivity index (χ0v) is 9.34. The highest BCUT2D eigenvalue weighted by Gasteiger charge is 2.13. The molecule has 0 unspecified atom stereocenters. The Bertz CT molecular complexity index is 377. The van der Waals surface area contributed by atoms with Crippen LogP contribution >= 0.6 is 12.4 Å². The van der Waals surface area contributed by atoms with Gasteiger partial charge >= 0.3 is 5.97 Å². The van der Waals surface area contributed by atoms with E-state index in [0.29, 0.717) is 11.1 Å². The van der Waals surface area contributed by atoms with E-state index in [1.165, 1.54) is 12.1 Å². The Morgan fingerprint density at radius 2 is 2.00 bits per heavy atom. The summed E-state index contributed by atoms with van der Waals surface area (Å²) in [6.45, 7) is 3.34. The number of benzene rings is 1. The molecule has 15 heavy (non-hydrogen) atoms. The minimum absolute atomic E-state index is 0. The molecule has 1 atom stereocenters. The van der Waals surface area contributed by atoms with Crippen molar-refractivity contribution in [3.05, 3.63) is 28.8 Å². The molecule has 1 aromatic carbocycles. The summed E-state index contributed by atoms with van der Waals surface area (Å²) in [4.78, 5) is 10.7. The monoisotopic (exact) mass is 231 g/mol. The number of aromatic hydroxyl groups is 1. The first-order valence-electron chi connectivity index (χ1n) is 4.26. The predicted octanol–water partition coefficient (Wildman–Crippen LogP) is 1.84. The fourth-order valence-electron chi connectivity index (χ4n) is 1.28. The molecule has 0 aliphatic heterocycles. The second-order valence-corrected chi connectivity index (χ2v) is 3.32. The number of halogens is 1. The normalized spacial score (nSPS) is 11.7. The van der Waals surface area contributed by atoms with Crippen molar-refractivity contribution in [2.45, 2.75) is 19.9 Å². The second kappa shape index (κ2) is 5.00. The van der Waals surface area contributed by atoms with Crippen molar-refractivity contribution in [2.75, 3.05) is 0 Å². The molecule has 0 aliphatic rings. The molecule has 0 radical (unpaired) electrons. The molecular formula is C10H14ClNO3. The lowest BCUT2D eigenvalue weighted by molar-refractivity contribution is 0.0696. The van der Waals surface area contributed by atoms with Crippen LogP contribution in [-0.2, 0) is 0 Å². The summed E-state index contributed by atoms with van der Waals surface area (Å²) in [6, 6.07) is 2.44. The molecule has 0 aliphatic carbocycles. The van der Waals surface area contributed by atoms with Gasteiger partial charge in [0.25, 0.3) is 0 Å². The summed E-state index contributed by atoms with van der Waals surface area (Å²) in [7, 11) is 0. The topological polar surface area (TPSA) is 83.5 Å². The van der Waals surface area contributed by atoms with Crippen molar-refractivity contribution in [1.82, 2.24) is 0 Å². The average molecular weight is 232 g/mol. The molecule has 1 rings (SSSR count). The SMILES string of the molecule is Cc1cc(C(=O)O)cc([C@@H](C)N)c1O.Cl. The summed E-state index contributed by atoms with van der Waals surface area (Å²) < 4.78 is 0. The highest BCUT2D eigenvalue weighted by Crippen LogP contribution is 2.27. The van der Waals surface area contributed by atoms with Gasteiger partial charge in [0.2, 0.25) is 0 Å². The molecule has 0 bridgehead atoms. The molecule has 4 nitrogen and oxygen atoms in total. The van der Waals surface area contributed by atoms with E-state index in [4.69, 9.17) is 10.8 Å². The number of carbonyl (C=O) groups is 1. The minimum atomic E-state index is -1.02. The van der Waals surface area contributed by atoms with Gasteiger partial charge < -0.3 is 15.9 Å². The number of phenols is 1. The van der Waals surface area contributed by atoms with Gasteiger partial charge in [-0.15, -0.1) is 12.4 Å². The number of nitrogens with two attached hydrogens (primary N) is 1. The van der Waals surface area contributed by atoms with Gasteiger partial charge in [-0.05, 0) is 31.5 Å². The van der Waals surface area contributed by atoms with Crippen LogP contribution in [0.3, 0.4) is 0 Å². The summed E-state index contributed by atoms with van der Waals surface area (Å²) in [5.74, 6) is -0.944. The Balaban J connectivity index is 0.00000196. The van der Waals surface area contributed by atoms with E-state index in [2.05, 4.69) is 0 Å². The molecule has 84 valence electrons. The van der Waals surface area contributed by atoms with Gasteiger partial charge in [0.15, 0.2) is 0 Å². The number of rotatable bonds is 2. The number of aromatic carboxylic acids is 1. The zero-order chi connectivity index (χ0) is 10.9. The number of carboxylic acid groups (broad SMARTS) is 1. The smallest absolute Gasteiger partial charge is 0.335 e. The Labute approximate surface area is 94.1 Å². The highest BCUT2D eigenvalue weighted by atomic mass is 35.5. The van der Waals surface area contributed by atoms with E-state index in [1.807, 2.05) is 0 Å². The van der Waals surface area contributed by atoms with Crippen molar-refractivity contribution in [2.24, 2.45) is 5.73 Å². The summed E-state index contributed by atoms with van der Waals surface area (Å²) in [6.07, 6.45) is 0. The maximum absolute atomic E-state index is 10.7. The second-order valence-electron chi connectivity index (χ2n) is 3.32. The number of hydrogen-bond acceptors (Lipinski definition) is 3. The molecule has 1 aromatic rings. The third-order valence-corrected chi connectivity index (χ3v) is 2.07. The Morgan fingerprint density at radius 1 is 1.47 bits per heavy atom. The van der Waals surface area contributed by atoms with E-state index in [-0.39, 0.29) is 29.8 Å². The largest absolute Gasteiger partial charge is 0.507 e. The van der Waals surface area contributed by atoms with Crippen molar-refractivity contribution >= 4 is 18.4 Å². The average Bonchev–Trinajstić information content (AvgIpc) is 2.08. The van der Waals surface area contributed by atoms with Crippen LogP contribution in [0.5, 0.6) is 5.75 Å². The summed E-state index contributed by atoms with van der Waals surface area (Å²) in [5, 5.41) is 18.4. The zero-order valence-electron chi connectivity index (χ0n) is 8.52. The number of phenolic OH excluding ortho intramolecular Hbond substituents is 1. The van der Waals surface area contributed by atoms with E-state index in [9.17, 15) is 9.90 Å². The van der Waals surface area contributed by atoms with Crippen LogP contribution in [-0.4, -0.2) is 16.2 Å². The maximum atomic E-state index is 10.7. The minimum Gasteiger partial charge on any atom is -0.507 e. The quantitative estimate of drug-likeness (QED) is 0.725. The standard InChI is InChI=1S/C10H13NO3.ClH/c1-5-3-7(10(13)14)4-8(6(2)11)9(5)12;/h3-4,6,12H,11H2,1-2H3,(H,13,14);1H/t6-;/m1./s1. The van der Waals surface area contributed by atoms with Crippen LogP contribution < -0.4 is 5.73 Å². The van der Waals surface area contributed by atoms with Gasteiger partial charge in [-0.2, -0.15) is 0 Å². The molecule has 0 saturated carbocycles. The van der Waals surface area contributed by atoms with Gasteiger partial charge in [0.05, 0.1) is 5.56 Å². The van der Waals surface area contributed by atoms with Gasteiger partial charge in [-0.1, -0.05) is 0 Å². The van der Waals surface area contributed by atoms with E-state index in [1.54, 1.807) is 13.8 Å². The third-order valence-electron chi connectivity index (χ3n) is 2.07. The maximum Gasteiger partial charge on any atom is 0.335 e. The number of aryl methyl sites for hydroxylation is 1. The molecule has 5 heteroatoms. The first kappa shape index (κ1) is 13.7. The van der Waals surface area contributed by atoms with E-state index >= 15 is 0 Å². The number of carboxylic acids is 1. The van der Waals surface area contributed by atoms with Crippen molar-refractivity contribution in [3.8, 4) is 5.75 Å². The van der Waals surface area contributed by atoms with Crippen LogP contribution in [0.1, 0.15) is 34.5 Å². The van der Waals surface area contributed by atoms with Crippen molar-refractivity contribution in [3.63, 3.8) is 0 Å². The lowest BCUT2D eigenvalue weighted by Crippen LogP contribution is -2.08. The molecule has 4 N–H and O–H groups in total. The van der Waals surface area contributed by atoms with E-state index < -0.39 is 5.97 Å². The molecule has 0 spiro atoms. The fraction of sp³-hybridized carbons (Fsp3) is 0.300. The van der Waals surface area contributed by atoms with Crippen LogP contribution in [0.15, 0.2) is 12.1 Å².